The first-order chi connectivity index (χ1) is 14.1. The molecule has 2 amide bonds. The fourth-order valence-electron chi connectivity index (χ4n) is 2.99. The second-order valence-electron chi connectivity index (χ2n) is 6.63. The Bertz CT molecular complexity index is 1120. The Morgan fingerprint density at radius 3 is 2.59 bits per heavy atom. The summed E-state index contributed by atoms with van der Waals surface area (Å²) in [4.78, 5) is 30.8. The number of fused-ring (bicyclic) bond motifs is 1. The molecule has 0 saturated carbocycles. The molecule has 2 aromatic carbocycles. The number of thiazole rings is 1. The fraction of sp³-hybridized carbons (Fsp3) is 0.136. The number of amides is 2. The van der Waals surface area contributed by atoms with Crippen molar-refractivity contribution in [2.75, 3.05) is 5.32 Å². The van der Waals surface area contributed by atoms with Gasteiger partial charge in [0.25, 0.3) is 5.91 Å². The Hall–Kier alpha value is -3.45. The number of para-hydroxylation sites is 1. The number of furan rings is 1. The zero-order valence-corrected chi connectivity index (χ0v) is 16.5. The number of rotatable bonds is 6. The van der Waals surface area contributed by atoms with Gasteiger partial charge in [-0.25, -0.2) is 4.98 Å². The molecule has 0 saturated heterocycles. The minimum absolute atomic E-state index is 0.169. The zero-order chi connectivity index (χ0) is 20.2. The standard InChI is InChI=1S/C22H19N3O3S/c1-14-13-23-22(29-14)25-20(26)17(11-15-7-3-2-4-8-15)24-21(27)19-12-16-9-5-6-10-18(16)28-19/h2-10,12-13,17H,11H2,1H3,(H,24,27)(H,23,25,26)/t17-/m0/s1. The molecule has 0 radical (unpaired) electrons. The van der Waals surface area contributed by atoms with Crippen LogP contribution >= 0.6 is 11.3 Å². The number of hydrogen-bond donors (Lipinski definition) is 2. The monoisotopic (exact) mass is 405 g/mol. The van der Waals surface area contributed by atoms with Gasteiger partial charge in [0, 0.05) is 22.9 Å². The Balaban J connectivity index is 1.55. The van der Waals surface area contributed by atoms with Crippen molar-refractivity contribution in [2.45, 2.75) is 19.4 Å². The number of carbonyl (C=O) groups excluding carboxylic acids is 2. The van der Waals surface area contributed by atoms with Gasteiger partial charge in [-0.3, -0.25) is 9.59 Å². The molecular formula is C22H19N3O3S. The molecule has 6 nitrogen and oxygen atoms in total. The van der Waals surface area contributed by atoms with Crippen LogP contribution in [0, 0.1) is 6.92 Å². The highest BCUT2D eigenvalue weighted by atomic mass is 32.1. The number of aryl methyl sites for hydroxylation is 1. The van der Waals surface area contributed by atoms with E-state index in [1.807, 2.05) is 55.5 Å². The topological polar surface area (TPSA) is 84.2 Å². The largest absolute Gasteiger partial charge is 0.451 e. The molecular weight excluding hydrogens is 386 g/mol. The maximum absolute atomic E-state index is 12.9. The minimum atomic E-state index is -0.776. The number of hydrogen-bond acceptors (Lipinski definition) is 5. The van der Waals surface area contributed by atoms with Crippen LogP contribution in [-0.2, 0) is 11.2 Å². The van der Waals surface area contributed by atoms with Crippen LogP contribution < -0.4 is 10.6 Å². The normalized spacial score (nSPS) is 11.9. The third-order valence-corrected chi connectivity index (χ3v) is 5.23. The third-order valence-electron chi connectivity index (χ3n) is 4.41. The van der Waals surface area contributed by atoms with Crippen molar-refractivity contribution in [2.24, 2.45) is 0 Å². The van der Waals surface area contributed by atoms with E-state index in [2.05, 4.69) is 15.6 Å². The van der Waals surface area contributed by atoms with Gasteiger partial charge in [-0.1, -0.05) is 48.5 Å². The first-order valence-corrected chi connectivity index (χ1v) is 9.97. The second kappa shape index (κ2) is 8.28. The van der Waals surface area contributed by atoms with E-state index < -0.39 is 11.9 Å². The number of carbonyl (C=O) groups is 2. The van der Waals surface area contributed by atoms with Crippen molar-refractivity contribution in [1.82, 2.24) is 10.3 Å². The summed E-state index contributed by atoms with van der Waals surface area (Å²) in [7, 11) is 0. The molecule has 1 atom stereocenters. The highest BCUT2D eigenvalue weighted by Crippen LogP contribution is 2.20. The molecule has 0 bridgehead atoms. The van der Waals surface area contributed by atoms with E-state index in [4.69, 9.17) is 4.42 Å². The number of anilines is 1. The van der Waals surface area contributed by atoms with Gasteiger partial charge in [0.05, 0.1) is 0 Å². The maximum Gasteiger partial charge on any atom is 0.287 e. The summed E-state index contributed by atoms with van der Waals surface area (Å²) in [6, 6.07) is 17.8. The number of nitrogens with zero attached hydrogens (tertiary/aromatic N) is 1. The van der Waals surface area contributed by atoms with E-state index in [1.54, 1.807) is 18.3 Å². The lowest BCUT2D eigenvalue weighted by atomic mass is 10.1. The minimum Gasteiger partial charge on any atom is -0.451 e. The zero-order valence-electron chi connectivity index (χ0n) is 15.7. The molecule has 0 spiro atoms. The molecule has 2 aromatic heterocycles. The van der Waals surface area contributed by atoms with E-state index >= 15 is 0 Å². The van der Waals surface area contributed by atoms with Crippen LogP contribution in [0.3, 0.4) is 0 Å². The van der Waals surface area contributed by atoms with Gasteiger partial charge in [0.15, 0.2) is 10.9 Å². The Kier molecular flexibility index (Phi) is 5.39. The number of benzene rings is 2. The van der Waals surface area contributed by atoms with Crippen LogP contribution in [0.15, 0.2) is 71.3 Å². The van der Waals surface area contributed by atoms with E-state index in [-0.39, 0.29) is 11.7 Å². The van der Waals surface area contributed by atoms with E-state index in [0.29, 0.717) is 17.1 Å². The molecule has 0 fully saturated rings. The third kappa shape index (κ3) is 4.52. The van der Waals surface area contributed by atoms with Crippen LogP contribution in [-0.4, -0.2) is 22.8 Å². The summed E-state index contributed by atoms with van der Waals surface area (Å²) in [5.74, 6) is -0.595. The van der Waals surface area contributed by atoms with E-state index in [1.165, 1.54) is 11.3 Å². The van der Waals surface area contributed by atoms with E-state index in [0.717, 1.165) is 15.8 Å². The molecule has 0 unspecified atom stereocenters. The van der Waals surface area contributed by atoms with Gasteiger partial charge >= 0.3 is 0 Å². The molecule has 0 aliphatic carbocycles. The molecule has 0 aliphatic heterocycles. The second-order valence-corrected chi connectivity index (χ2v) is 7.86. The number of nitrogens with one attached hydrogen (secondary N) is 2. The first-order valence-electron chi connectivity index (χ1n) is 9.15. The van der Waals surface area contributed by atoms with Gasteiger partial charge in [0.2, 0.25) is 5.91 Å². The van der Waals surface area contributed by atoms with Gasteiger partial charge in [-0.15, -0.1) is 11.3 Å². The summed E-state index contributed by atoms with van der Waals surface area (Å²) in [6.45, 7) is 1.91. The van der Waals surface area contributed by atoms with E-state index in [9.17, 15) is 9.59 Å². The lowest BCUT2D eigenvalue weighted by Crippen LogP contribution is -2.45. The SMILES string of the molecule is Cc1cnc(NC(=O)[C@H](Cc2ccccc2)NC(=O)c2cc3ccccc3o2)s1. The number of aromatic nitrogens is 1. The highest BCUT2D eigenvalue weighted by Gasteiger charge is 2.24. The predicted molar refractivity (Wildman–Crippen MR) is 113 cm³/mol. The van der Waals surface area contributed by atoms with Crippen molar-refractivity contribution >= 4 is 39.3 Å². The summed E-state index contributed by atoms with van der Waals surface area (Å²) in [5, 5.41) is 6.93. The quantitative estimate of drug-likeness (QED) is 0.504. The van der Waals surface area contributed by atoms with Gasteiger partial charge in [-0.2, -0.15) is 0 Å². The van der Waals surface area contributed by atoms with Crippen LogP contribution in [0.25, 0.3) is 11.0 Å². The summed E-state index contributed by atoms with van der Waals surface area (Å²) in [5.41, 5.74) is 1.56. The molecule has 2 N–H and O–H groups in total. The predicted octanol–water partition coefficient (Wildman–Crippen LogP) is 4.18. The highest BCUT2D eigenvalue weighted by molar-refractivity contribution is 7.15. The lowest BCUT2D eigenvalue weighted by Gasteiger charge is -2.17. The maximum atomic E-state index is 12.9. The fourth-order valence-corrected chi connectivity index (χ4v) is 3.65. The first kappa shape index (κ1) is 18.9. The van der Waals surface area contributed by atoms with Crippen LogP contribution in [0.1, 0.15) is 21.0 Å². The van der Waals surface area contributed by atoms with Crippen LogP contribution in [0.4, 0.5) is 5.13 Å². The Morgan fingerprint density at radius 2 is 1.86 bits per heavy atom. The van der Waals surface area contributed by atoms with Crippen molar-refractivity contribution < 1.29 is 14.0 Å². The molecule has 146 valence electrons. The molecule has 4 aromatic rings. The average Bonchev–Trinajstić information content (AvgIpc) is 3.34. The smallest absolute Gasteiger partial charge is 0.287 e. The van der Waals surface area contributed by atoms with Crippen LogP contribution in [0.5, 0.6) is 0 Å². The van der Waals surface area contributed by atoms with Gasteiger partial charge < -0.3 is 15.1 Å². The molecule has 4 rings (SSSR count). The van der Waals surface area contributed by atoms with Crippen molar-refractivity contribution in [1.29, 1.82) is 0 Å². The summed E-state index contributed by atoms with van der Waals surface area (Å²) >= 11 is 1.38. The van der Waals surface area contributed by atoms with Gasteiger partial charge in [-0.05, 0) is 24.6 Å². The lowest BCUT2D eigenvalue weighted by molar-refractivity contribution is -0.118. The van der Waals surface area contributed by atoms with Crippen molar-refractivity contribution in [3.8, 4) is 0 Å². The average molecular weight is 405 g/mol. The van der Waals surface area contributed by atoms with Crippen molar-refractivity contribution in [3.05, 3.63) is 83.1 Å². The van der Waals surface area contributed by atoms with Gasteiger partial charge in [0.1, 0.15) is 11.6 Å². The molecule has 0 aliphatic rings. The summed E-state index contributed by atoms with van der Waals surface area (Å²) in [6.07, 6.45) is 2.04. The van der Waals surface area contributed by atoms with Crippen molar-refractivity contribution in [3.63, 3.8) is 0 Å². The Labute approximate surface area is 171 Å². The Morgan fingerprint density at radius 1 is 1.10 bits per heavy atom. The summed E-state index contributed by atoms with van der Waals surface area (Å²) < 4.78 is 5.63. The molecule has 2 heterocycles. The van der Waals surface area contributed by atoms with Crippen LogP contribution in [0.2, 0.25) is 0 Å². The molecule has 29 heavy (non-hydrogen) atoms. The molecule has 7 heteroatoms.